The molecule has 2 atom stereocenters. The summed E-state index contributed by atoms with van der Waals surface area (Å²) in [7, 11) is 0. The number of alkyl halides is 1. The Kier molecular flexibility index (Phi) is 2.09. The quantitative estimate of drug-likeness (QED) is 0.619. The number of rotatable bonds is 2. The van der Waals surface area contributed by atoms with Crippen LogP contribution in [0, 0.1) is 5.92 Å². The number of hydrogen-bond donors (Lipinski definition) is 1. The van der Waals surface area contributed by atoms with Crippen LogP contribution in [0.5, 0.6) is 0 Å². The molecule has 0 radical (unpaired) electrons. The van der Waals surface area contributed by atoms with Crippen molar-refractivity contribution in [2.45, 2.75) is 12.5 Å². The Morgan fingerprint density at radius 1 is 1.45 bits per heavy atom. The molecule has 0 aliphatic carbocycles. The molecule has 2 aliphatic rings. The van der Waals surface area contributed by atoms with E-state index in [2.05, 4.69) is 10.2 Å². The van der Waals surface area contributed by atoms with Crippen molar-refractivity contribution in [3.63, 3.8) is 0 Å². The van der Waals surface area contributed by atoms with E-state index in [1.807, 2.05) is 0 Å². The maximum absolute atomic E-state index is 12.0. The van der Waals surface area contributed by atoms with Crippen LogP contribution < -0.4 is 5.32 Å². The highest BCUT2D eigenvalue weighted by atomic mass is 19.1. The van der Waals surface area contributed by atoms with E-state index in [0.717, 1.165) is 19.0 Å². The van der Waals surface area contributed by atoms with Gasteiger partial charge in [0, 0.05) is 25.7 Å². The molecule has 64 valence electrons. The summed E-state index contributed by atoms with van der Waals surface area (Å²) >= 11 is 0. The fourth-order valence-electron chi connectivity index (χ4n) is 2.24. The van der Waals surface area contributed by atoms with Crippen molar-refractivity contribution in [2.75, 3.05) is 32.9 Å². The highest BCUT2D eigenvalue weighted by molar-refractivity contribution is 4.93. The number of hydrogen-bond acceptors (Lipinski definition) is 2. The summed E-state index contributed by atoms with van der Waals surface area (Å²) in [5.41, 5.74) is 0. The van der Waals surface area contributed by atoms with Crippen molar-refractivity contribution < 1.29 is 4.39 Å². The lowest BCUT2D eigenvalue weighted by molar-refractivity contribution is 0.280. The molecule has 3 heteroatoms. The van der Waals surface area contributed by atoms with E-state index in [1.165, 1.54) is 13.0 Å². The Morgan fingerprint density at radius 3 is 3.09 bits per heavy atom. The Bertz CT molecular complexity index is 128. The van der Waals surface area contributed by atoms with Gasteiger partial charge in [-0.05, 0) is 18.9 Å². The zero-order valence-corrected chi connectivity index (χ0v) is 6.72. The van der Waals surface area contributed by atoms with Crippen molar-refractivity contribution in [3.05, 3.63) is 0 Å². The molecule has 0 saturated carbocycles. The summed E-state index contributed by atoms with van der Waals surface area (Å²) in [6.45, 7) is 3.78. The summed E-state index contributed by atoms with van der Waals surface area (Å²) in [5, 5.41) is 3.44. The summed E-state index contributed by atoms with van der Waals surface area (Å²) < 4.78 is 12.0. The third-order valence-corrected chi connectivity index (χ3v) is 2.84. The van der Waals surface area contributed by atoms with E-state index >= 15 is 0 Å². The van der Waals surface area contributed by atoms with Crippen LogP contribution in [0.4, 0.5) is 4.39 Å². The van der Waals surface area contributed by atoms with Crippen molar-refractivity contribution in [2.24, 2.45) is 5.92 Å². The predicted octanol–water partition coefficient (Wildman–Crippen LogP) is 0.250. The average molecular weight is 158 g/mol. The van der Waals surface area contributed by atoms with Crippen LogP contribution in [0.15, 0.2) is 0 Å². The minimum Gasteiger partial charge on any atom is -0.312 e. The van der Waals surface area contributed by atoms with Gasteiger partial charge in [0.25, 0.3) is 0 Å². The first-order valence-corrected chi connectivity index (χ1v) is 4.42. The molecule has 2 heterocycles. The minimum atomic E-state index is -0.195. The average Bonchev–Trinajstić information content (AvgIpc) is 2.46. The van der Waals surface area contributed by atoms with Crippen LogP contribution in [-0.4, -0.2) is 43.8 Å². The van der Waals surface area contributed by atoms with Crippen LogP contribution in [0.2, 0.25) is 0 Å². The highest BCUT2D eigenvalue weighted by Crippen LogP contribution is 2.23. The van der Waals surface area contributed by atoms with Gasteiger partial charge >= 0.3 is 0 Å². The third kappa shape index (κ3) is 1.40. The number of halogens is 1. The first-order chi connectivity index (χ1) is 5.40. The standard InChI is InChI=1S/C8H15FN2/c9-2-4-11-5-7-1-3-10-8(7)6-11/h7-8,10H,1-6H2/t7-,8+/m1/s1. The molecule has 0 spiro atoms. The molecule has 1 N–H and O–H groups in total. The van der Waals surface area contributed by atoms with Gasteiger partial charge in [0.05, 0.1) is 0 Å². The molecule has 2 nitrogen and oxygen atoms in total. The smallest absolute Gasteiger partial charge is 0.102 e. The van der Waals surface area contributed by atoms with Crippen LogP contribution in [0.3, 0.4) is 0 Å². The molecule has 0 bridgehead atoms. The molecular formula is C8H15FN2. The molecular weight excluding hydrogens is 143 g/mol. The normalized spacial score (nSPS) is 37.9. The lowest BCUT2D eigenvalue weighted by Crippen LogP contribution is -2.31. The molecule has 0 unspecified atom stereocenters. The monoisotopic (exact) mass is 158 g/mol. The van der Waals surface area contributed by atoms with Gasteiger partial charge in [0.2, 0.25) is 0 Å². The van der Waals surface area contributed by atoms with E-state index in [0.29, 0.717) is 12.6 Å². The van der Waals surface area contributed by atoms with E-state index in [4.69, 9.17) is 0 Å². The Hall–Kier alpha value is -0.150. The summed E-state index contributed by atoms with van der Waals surface area (Å²) in [6, 6.07) is 0.668. The molecule has 0 aromatic carbocycles. The molecule has 2 rings (SSSR count). The summed E-state index contributed by atoms with van der Waals surface area (Å²) in [5.74, 6) is 0.807. The minimum absolute atomic E-state index is 0.195. The van der Waals surface area contributed by atoms with E-state index in [1.54, 1.807) is 0 Å². The molecule has 0 aromatic heterocycles. The zero-order chi connectivity index (χ0) is 7.68. The lowest BCUT2D eigenvalue weighted by Gasteiger charge is -2.13. The first kappa shape index (κ1) is 7.50. The largest absolute Gasteiger partial charge is 0.312 e. The second kappa shape index (κ2) is 3.07. The Balaban J connectivity index is 1.84. The number of fused-ring (bicyclic) bond motifs is 1. The first-order valence-electron chi connectivity index (χ1n) is 4.42. The van der Waals surface area contributed by atoms with Crippen molar-refractivity contribution in [1.82, 2.24) is 10.2 Å². The second-order valence-electron chi connectivity index (χ2n) is 3.56. The van der Waals surface area contributed by atoms with Crippen LogP contribution >= 0.6 is 0 Å². The van der Waals surface area contributed by atoms with Gasteiger partial charge in [-0.1, -0.05) is 0 Å². The van der Waals surface area contributed by atoms with E-state index < -0.39 is 0 Å². The molecule has 2 aliphatic heterocycles. The summed E-state index contributed by atoms with van der Waals surface area (Å²) in [4.78, 5) is 2.22. The van der Waals surface area contributed by atoms with Gasteiger partial charge in [-0.25, -0.2) is 4.39 Å². The maximum Gasteiger partial charge on any atom is 0.102 e. The molecule has 2 saturated heterocycles. The van der Waals surface area contributed by atoms with Gasteiger partial charge in [0.1, 0.15) is 6.67 Å². The fraction of sp³-hybridized carbons (Fsp3) is 1.00. The van der Waals surface area contributed by atoms with Gasteiger partial charge in [-0.2, -0.15) is 0 Å². The second-order valence-corrected chi connectivity index (χ2v) is 3.56. The van der Waals surface area contributed by atoms with Crippen molar-refractivity contribution in [1.29, 1.82) is 0 Å². The van der Waals surface area contributed by atoms with Crippen LogP contribution in [-0.2, 0) is 0 Å². The van der Waals surface area contributed by atoms with E-state index in [9.17, 15) is 4.39 Å². The number of nitrogens with one attached hydrogen (secondary N) is 1. The van der Waals surface area contributed by atoms with Crippen molar-refractivity contribution in [3.8, 4) is 0 Å². The molecule has 0 amide bonds. The molecule has 11 heavy (non-hydrogen) atoms. The topological polar surface area (TPSA) is 15.3 Å². The third-order valence-electron chi connectivity index (χ3n) is 2.84. The van der Waals surface area contributed by atoms with Gasteiger partial charge in [0.15, 0.2) is 0 Å². The SMILES string of the molecule is FCCN1C[C@H]2CCN[C@H]2C1. The predicted molar refractivity (Wildman–Crippen MR) is 42.3 cm³/mol. The van der Waals surface area contributed by atoms with E-state index in [-0.39, 0.29) is 6.67 Å². The fourth-order valence-corrected chi connectivity index (χ4v) is 2.24. The lowest BCUT2D eigenvalue weighted by atomic mass is 10.1. The van der Waals surface area contributed by atoms with Crippen LogP contribution in [0.25, 0.3) is 0 Å². The Morgan fingerprint density at radius 2 is 2.36 bits per heavy atom. The zero-order valence-electron chi connectivity index (χ0n) is 6.72. The highest BCUT2D eigenvalue weighted by Gasteiger charge is 2.35. The van der Waals surface area contributed by atoms with Crippen LogP contribution in [0.1, 0.15) is 6.42 Å². The molecule has 0 aromatic rings. The number of likely N-dealkylation sites (tertiary alicyclic amines) is 1. The van der Waals surface area contributed by atoms with Crippen molar-refractivity contribution >= 4 is 0 Å². The molecule has 2 fully saturated rings. The maximum atomic E-state index is 12.0. The Labute approximate surface area is 66.8 Å². The summed E-state index contributed by atoms with van der Waals surface area (Å²) in [6.07, 6.45) is 1.29. The van der Waals surface area contributed by atoms with Gasteiger partial charge < -0.3 is 5.32 Å². The number of nitrogens with zero attached hydrogens (tertiary/aromatic N) is 1. The van der Waals surface area contributed by atoms with Gasteiger partial charge in [-0.3, -0.25) is 4.90 Å². The van der Waals surface area contributed by atoms with Gasteiger partial charge in [-0.15, -0.1) is 0 Å².